The summed E-state index contributed by atoms with van der Waals surface area (Å²) in [5.41, 5.74) is 1.57. The molecule has 1 aromatic carbocycles. The van der Waals surface area contributed by atoms with Crippen molar-refractivity contribution in [1.29, 1.82) is 0 Å². The van der Waals surface area contributed by atoms with Crippen LogP contribution in [-0.4, -0.2) is 66.7 Å². The van der Waals surface area contributed by atoms with Gasteiger partial charge in [0.05, 0.1) is 10.8 Å². The monoisotopic (exact) mass is 591 g/mol. The molecule has 11 heteroatoms. The van der Waals surface area contributed by atoms with Crippen LogP contribution in [0.3, 0.4) is 0 Å². The quantitative estimate of drug-likeness (QED) is 0.400. The maximum absolute atomic E-state index is 13.5. The third kappa shape index (κ3) is 5.65. The summed E-state index contributed by atoms with van der Waals surface area (Å²) in [6.07, 6.45) is 5.38. The summed E-state index contributed by atoms with van der Waals surface area (Å²) in [6.45, 7) is 2.42. The fourth-order valence-corrected chi connectivity index (χ4v) is 7.75. The van der Waals surface area contributed by atoms with Gasteiger partial charge in [-0.05, 0) is 65.1 Å². The van der Waals surface area contributed by atoms with E-state index in [0.29, 0.717) is 24.1 Å². The first-order chi connectivity index (χ1) is 17.3. The van der Waals surface area contributed by atoms with E-state index >= 15 is 0 Å². The lowest BCUT2D eigenvalue weighted by atomic mass is 9.87. The number of halogens is 1. The van der Waals surface area contributed by atoms with Crippen LogP contribution >= 0.6 is 27.3 Å². The van der Waals surface area contributed by atoms with E-state index in [2.05, 4.69) is 36.1 Å². The zero-order valence-corrected chi connectivity index (χ0v) is 23.4. The molecule has 192 valence electrons. The molecule has 1 saturated heterocycles. The first-order valence-corrected chi connectivity index (χ1v) is 15.4. The Hall–Kier alpha value is -1.92. The number of anilines is 1. The number of rotatable bonds is 7. The lowest BCUT2D eigenvalue weighted by Gasteiger charge is -2.31. The van der Waals surface area contributed by atoms with E-state index < -0.39 is 10.0 Å². The van der Waals surface area contributed by atoms with Crippen LogP contribution in [0.15, 0.2) is 45.9 Å². The van der Waals surface area contributed by atoms with Crippen molar-refractivity contribution < 1.29 is 13.2 Å². The van der Waals surface area contributed by atoms with Crippen molar-refractivity contribution in [1.82, 2.24) is 19.2 Å². The largest absolute Gasteiger partial charge is 0.304 e. The summed E-state index contributed by atoms with van der Waals surface area (Å²) in [7, 11) is -1.55. The zero-order valence-electron chi connectivity index (χ0n) is 20.2. The Bertz CT molecular complexity index is 1330. The summed E-state index contributed by atoms with van der Waals surface area (Å²) in [5.74, 6) is -0.00242. The number of carbonyl (C=O) groups is 1. The number of nitrogens with zero attached hydrogens (tertiary/aromatic N) is 4. The van der Waals surface area contributed by atoms with Crippen LogP contribution in [0.1, 0.15) is 43.6 Å². The van der Waals surface area contributed by atoms with Gasteiger partial charge in [-0.1, -0.05) is 49.2 Å². The number of piperazine rings is 1. The first kappa shape index (κ1) is 25.7. The van der Waals surface area contributed by atoms with Crippen molar-refractivity contribution in [2.45, 2.75) is 42.9 Å². The first-order valence-electron chi connectivity index (χ1n) is 12.3. The molecule has 1 N–H and O–H groups in total. The topological polar surface area (TPSA) is 95.5 Å². The van der Waals surface area contributed by atoms with E-state index in [-0.39, 0.29) is 16.7 Å². The smallest absolute Gasteiger partial charge is 0.243 e. The Morgan fingerprint density at radius 2 is 1.78 bits per heavy atom. The number of amides is 1. The number of carbonyl (C=O) groups excluding carboxylic acids is 1. The highest BCUT2D eigenvalue weighted by molar-refractivity contribution is 9.10. The molecule has 0 unspecified atom stereocenters. The lowest BCUT2D eigenvalue weighted by molar-refractivity contribution is -0.118. The molecule has 0 bridgehead atoms. The zero-order chi connectivity index (χ0) is 25.3. The minimum atomic E-state index is -3.55. The number of aromatic nitrogens is 2. The maximum atomic E-state index is 13.5. The molecule has 2 fully saturated rings. The van der Waals surface area contributed by atoms with Crippen molar-refractivity contribution in [3.05, 3.63) is 46.6 Å². The molecule has 1 aliphatic carbocycles. The molecular weight excluding hydrogens is 562 g/mol. The molecule has 0 radical (unpaired) electrons. The Labute approximate surface area is 224 Å². The van der Waals surface area contributed by atoms with Gasteiger partial charge in [0.25, 0.3) is 0 Å². The number of sulfonamides is 1. The van der Waals surface area contributed by atoms with E-state index in [1.807, 2.05) is 19.2 Å². The SMILES string of the molecule is CN1CCN(S(=O)(=O)c2ccc([C@@H](CC3CCCC3)C(=O)Nc3nc4ccc(Br)nc4s3)cc2)CC1. The van der Waals surface area contributed by atoms with Crippen LogP contribution in [-0.2, 0) is 14.8 Å². The van der Waals surface area contributed by atoms with Crippen molar-refractivity contribution in [2.24, 2.45) is 5.92 Å². The molecule has 8 nitrogen and oxygen atoms in total. The molecular formula is C25H30BrN5O3S2. The fraction of sp³-hybridized carbons (Fsp3) is 0.480. The molecule has 1 saturated carbocycles. The van der Waals surface area contributed by atoms with Gasteiger partial charge < -0.3 is 10.2 Å². The predicted molar refractivity (Wildman–Crippen MR) is 146 cm³/mol. The Morgan fingerprint density at radius 3 is 2.47 bits per heavy atom. The van der Waals surface area contributed by atoms with Gasteiger partial charge in [0.1, 0.15) is 15.0 Å². The average molecular weight is 593 g/mol. The molecule has 1 aliphatic heterocycles. The van der Waals surface area contributed by atoms with E-state index in [1.165, 1.54) is 24.2 Å². The molecule has 2 aromatic heterocycles. The molecule has 1 amide bonds. The highest BCUT2D eigenvalue weighted by atomic mass is 79.9. The van der Waals surface area contributed by atoms with Crippen molar-refractivity contribution in [3.63, 3.8) is 0 Å². The highest BCUT2D eigenvalue weighted by Crippen LogP contribution is 2.36. The van der Waals surface area contributed by atoms with Crippen LogP contribution < -0.4 is 5.32 Å². The molecule has 36 heavy (non-hydrogen) atoms. The second-order valence-corrected chi connectivity index (χ2v) is 13.4. The van der Waals surface area contributed by atoms with Crippen LogP contribution in [0, 0.1) is 5.92 Å². The van der Waals surface area contributed by atoms with Gasteiger partial charge in [-0.25, -0.2) is 18.4 Å². The third-order valence-corrected chi connectivity index (χ3v) is 10.4. The minimum absolute atomic E-state index is 0.116. The summed E-state index contributed by atoms with van der Waals surface area (Å²) in [6, 6.07) is 10.6. The van der Waals surface area contributed by atoms with Crippen LogP contribution in [0.2, 0.25) is 0 Å². The van der Waals surface area contributed by atoms with Crippen molar-refractivity contribution in [3.8, 4) is 0 Å². The third-order valence-electron chi connectivity index (χ3n) is 7.19. The predicted octanol–water partition coefficient (Wildman–Crippen LogP) is 4.69. The van der Waals surface area contributed by atoms with Gasteiger partial charge in [-0.15, -0.1) is 0 Å². The molecule has 5 rings (SSSR count). The van der Waals surface area contributed by atoms with Crippen molar-refractivity contribution in [2.75, 3.05) is 38.5 Å². The van der Waals surface area contributed by atoms with Crippen molar-refractivity contribution >= 4 is 58.7 Å². The minimum Gasteiger partial charge on any atom is -0.304 e. The molecule has 2 aliphatic rings. The number of hydrogen-bond acceptors (Lipinski definition) is 7. The number of thiazole rings is 1. The molecule has 0 spiro atoms. The number of nitrogens with one attached hydrogen (secondary N) is 1. The Kier molecular flexibility index (Phi) is 7.73. The average Bonchev–Trinajstić information content (AvgIpc) is 3.52. The molecule has 3 heterocycles. The van der Waals surface area contributed by atoms with Crippen LogP contribution in [0.5, 0.6) is 0 Å². The normalized spacial score (nSPS) is 19.1. The second kappa shape index (κ2) is 10.8. The number of hydrogen-bond donors (Lipinski definition) is 1. The van der Waals surface area contributed by atoms with Gasteiger partial charge in [-0.3, -0.25) is 4.79 Å². The number of pyridine rings is 1. The second-order valence-electron chi connectivity index (χ2n) is 9.68. The van der Waals surface area contributed by atoms with Gasteiger partial charge in [0, 0.05) is 26.2 Å². The van der Waals surface area contributed by atoms with Gasteiger partial charge in [-0.2, -0.15) is 4.31 Å². The van der Waals surface area contributed by atoms with Crippen LogP contribution in [0.25, 0.3) is 10.3 Å². The van der Waals surface area contributed by atoms with Crippen LogP contribution in [0.4, 0.5) is 5.13 Å². The fourth-order valence-electron chi connectivity index (χ4n) is 5.06. The summed E-state index contributed by atoms with van der Waals surface area (Å²) < 4.78 is 28.6. The van der Waals surface area contributed by atoms with Gasteiger partial charge in [0.15, 0.2) is 5.13 Å². The number of benzene rings is 1. The summed E-state index contributed by atoms with van der Waals surface area (Å²) >= 11 is 4.72. The number of likely N-dealkylation sites (N-methyl/N-ethyl adjacent to an activating group) is 1. The van der Waals surface area contributed by atoms with E-state index in [0.717, 1.165) is 52.9 Å². The van der Waals surface area contributed by atoms with E-state index in [4.69, 9.17) is 0 Å². The number of fused-ring (bicyclic) bond motifs is 1. The summed E-state index contributed by atoms with van der Waals surface area (Å²) in [5, 5.41) is 3.53. The summed E-state index contributed by atoms with van der Waals surface area (Å²) in [4.78, 5) is 25.6. The maximum Gasteiger partial charge on any atom is 0.243 e. The van der Waals surface area contributed by atoms with Gasteiger partial charge >= 0.3 is 0 Å². The Morgan fingerprint density at radius 1 is 1.08 bits per heavy atom. The van der Waals surface area contributed by atoms with E-state index in [9.17, 15) is 13.2 Å². The lowest BCUT2D eigenvalue weighted by Crippen LogP contribution is -2.47. The van der Waals surface area contributed by atoms with Gasteiger partial charge in [0.2, 0.25) is 15.9 Å². The molecule has 1 atom stereocenters. The van der Waals surface area contributed by atoms with E-state index in [1.54, 1.807) is 28.6 Å². The Balaban J connectivity index is 1.37. The highest BCUT2D eigenvalue weighted by Gasteiger charge is 2.30. The standard InChI is InChI=1S/C25H30BrN5O3S2/c1-30-12-14-31(15-13-30)36(33,34)19-8-6-18(7-9-19)20(16-17-4-2-3-5-17)23(32)29-25-27-21-10-11-22(26)28-24(21)35-25/h6-11,17,20H,2-5,12-16H2,1H3,(H,27,29,32)/t20-/m1/s1. The molecule has 3 aromatic rings.